The molecule has 2 saturated carbocycles. The SMILES string of the molecule is CC(CCCCNCC1CCCCC1)C1CCCCC1. The molecule has 0 aliphatic heterocycles. The van der Waals surface area contributed by atoms with E-state index in [2.05, 4.69) is 12.2 Å². The van der Waals surface area contributed by atoms with E-state index in [4.69, 9.17) is 0 Å². The van der Waals surface area contributed by atoms with Crippen LogP contribution in [0.3, 0.4) is 0 Å². The van der Waals surface area contributed by atoms with Crippen molar-refractivity contribution in [2.45, 2.75) is 90.4 Å². The summed E-state index contributed by atoms with van der Waals surface area (Å²) in [7, 11) is 0. The summed E-state index contributed by atoms with van der Waals surface area (Å²) in [6.45, 7) is 5.05. The van der Waals surface area contributed by atoms with Crippen molar-refractivity contribution in [2.75, 3.05) is 13.1 Å². The third kappa shape index (κ3) is 6.16. The van der Waals surface area contributed by atoms with Gasteiger partial charge in [-0.25, -0.2) is 0 Å². The summed E-state index contributed by atoms with van der Waals surface area (Å²) in [5.41, 5.74) is 0. The zero-order chi connectivity index (χ0) is 14.0. The molecule has 20 heavy (non-hydrogen) atoms. The van der Waals surface area contributed by atoms with Gasteiger partial charge in [-0.1, -0.05) is 71.1 Å². The fraction of sp³-hybridized carbons (Fsp3) is 1.00. The van der Waals surface area contributed by atoms with Crippen LogP contribution in [0.4, 0.5) is 0 Å². The Morgan fingerprint density at radius 3 is 2.20 bits per heavy atom. The smallest absolute Gasteiger partial charge is 0.00205 e. The van der Waals surface area contributed by atoms with E-state index in [1.807, 2.05) is 0 Å². The van der Waals surface area contributed by atoms with Gasteiger partial charge in [0.2, 0.25) is 0 Å². The van der Waals surface area contributed by atoms with E-state index in [1.54, 1.807) is 0 Å². The molecule has 2 aliphatic carbocycles. The summed E-state index contributed by atoms with van der Waals surface area (Å²) in [5.74, 6) is 3.03. The minimum Gasteiger partial charge on any atom is -0.316 e. The Morgan fingerprint density at radius 2 is 1.50 bits per heavy atom. The van der Waals surface area contributed by atoms with Crippen LogP contribution in [0.2, 0.25) is 0 Å². The zero-order valence-electron chi connectivity index (χ0n) is 13.8. The predicted molar refractivity (Wildman–Crippen MR) is 89.0 cm³/mol. The molecule has 0 aromatic carbocycles. The maximum Gasteiger partial charge on any atom is -0.00205 e. The summed E-state index contributed by atoms with van der Waals surface area (Å²) < 4.78 is 0. The second-order valence-corrected chi connectivity index (χ2v) is 7.58. The van der Waals surface area contributed by atoms with Crippen molar-refractivity contribution in [3.63, 3.8) is 0 Å². The number of hydrogen-bond donors (Lipinski definition) is 1. The van der Waals surface area contributed by atoms with Gasteiger partial charge >= 0.3 is 0 Å². The van der Waals surface area contributed by atoms with Gasteiger partial charge in [0.25, 0.3) is 0 Å². The van der Waals surface area contributed by atoms with Crippen molar-refractivity contribution >= 4 is 0 Å². The molecule has 0 aromatic heterocycles. The third-order valence-corrected chi connectivity index (χ3v) is 5.88. The molecule has 0 saturated heterocycles. The lowest BCUT2D eigenvalue weighted by Gasteiger charge is -2.27. The highest BCUT2D eigenvalue weighted by atomic mass is 14.9. The maximum atomic E-state index is 3.71. The van der Waals surface area contributed by atoms with Gasteiger partial charge in [-0.3, -0.25) is 0 Å². The number of nitrogens with one attached hydrogen (secondary N) is 1. The van der Waals surface area contributed by atoms with Crippen molar-refractivity contribution < 1.29 is 0 Å². The third-order valence-electron chi connectivity index (χ3n) is 5.88. The van der Waals surface area contributed by atoms with Gasteiger partial charge in [0.05, 0.1) is 0 Å². The maximum absolute atomic E-state index is 3.71. The summed E-state index contributed by atoms with van der Waals surface area (Å²) >= 11 is 0. The van der Waals surface area contributed by atoms with Crippen LogP contribution in [0.15, 0.2) is 0 Å². The minimum absolute atomic E-state index is 0.980. The molecule has 1 atom stereocenters. The Hall–Kier alpha value is -0.0400. The molecule has 1 N–H and O–H groups in total. The van der Waals surface area contributed by atoms with Gasteiger partial charge in [0.15, 0.2) is 0 Å². The van der Waals surface area contributed by atoms with Gasteiger partial charge < -0.3 is 5.32 Å². The Labute approximate surface area is 127 Å². The zero-order valence-corrected chi connectivity index (χ0v) is 13.8. The Bertz CT molecular complexity index is 226. The molecule has 2 rings (SSSR count). The average Bonchev–Trinajstić information content (AvgIpc) is 2.52. The average molecular weight is 280 g/mol. The molecule has 0 heterocycles. The second-order valence-electron chi connectivity index (χ2n) is 7.58. The van der Waals surface area contributed by atoms with Gasteiger partial charge in [0.1, 0.15) is 0 Å². The molecule has 0 spiro atoms. The topological polar surface area (TPSA) is 12.0 Å². The number of hydrogen-bond acceptors (Lipinski definition) is 1. The predicted octanol–water partition coefficient (Wildman–Crippen LogP) is 5.54. The number of rotatable bonds is 8. The first-order valence-corrected chi connectivity index (χ1v) is 9.57. The van der Waals surface area contributed by atoms with E-state index in [9.17, 15) is 0 Å². The van der Waals surface area contributed by atoms with Crippen LogP contribution in [-0.2, 0) is 0 Å². The van der Waals surface area contributed by atoms with Crippen LogP contribution in [0.1, 0.15) is 90.4 Å². The molecule has 1 unspecified atom stereocenters. The van der Waals surface area contributed by atoms with Crippen LogP contribution in [0.5, 0.6) is 0 Å². The second kappa shape index (κ2) is 9.82. The quantitative estimate of drug-likeness (QED) is 0.575. The first-order chi connectivity index (χ1) is 9.86. The Morgan fingerprint density at radius 1 is 0.850 bits per heavy atom. The lowest BCUT2D eigenvalue weighted by molar-refractivity contribution is 0.247. The highest BCUT2D eigenvalue weighted by molar-refractivity contribution is 4.72. The molecule has 0 aromatic rings. The summed E-state index contributed by atoms with van der Waals surface area (Å²) in [6.07, 6.45) is 19.2. The summed E-state index contributed by atoms with van der Waals surface area (Å²) in [5, 5.41) is 3.71. The lowest BCUT2D eigenvalue weighted by atomic mass is 9.79. The largest absolute Gasteiger partial charge is 0.316 e. The van der Waals surface area contributed by atoms with Gasteiger partial charge in [-0.05, 0) is 50.1 Å². The van der Waals surface area contributed by atoms with Crippen LogP contribution in [0.25, 0.3) is 0 Å². The van der Waals surface area contributed by atoms with Gasteiger partial charge in [-0.2, -0.15) is 0 Å². The minimum atomic E-state index is 0.980. The molecule has 2 aliphatic rings. The fourth-order valence-electron chi connectivity index (χ4n) is 4.35. The highest BCUT2D eigenvalue weighted by Gasteiger charge is 2.19. The van der Waals surface area contributed by atoms with Crippen molar-refractivity contribution in [3.8, 4) is 0 Å². The Balaban J connectivity index is 1.42. The molecule has 1 nitrogen and oxygen atoms in total. The van der Waals surface area contributed by atoms with E-state index in [1.165, 1.54) is 96.6 Å². The lowest BCUT2D eigenvalue weighted by Crippen LogP contribution is -2.25. The highest BCUT2D eigenvalue weighted by Crippen LogP contribution is 2.32. The molecule has 118 valence electrons. The van der Waals surface area contributed by atoms with Crippen LogP contribution >= 0.6 is 0 Å². The van der Waals surface area contributed by atoms with Gasteiger partial charge in [-0.15, -0.1) is 0 Å². The Kier molecular flexibility index (Phi) is 8.02. The van der Waals surface area contributed by atoms with Crippen molar-refractivity contribution in [1.29, 1.82) is 0 Å². The molecule has 1 heteroatoms. The van der Waals surface area contributed by atoms with Crippen molar-refractivity contribution in [2.24, 2.45) is 17.8 Å². The van der Waals surface area contributed by atoms with Crippen molar-refractivity contribution in [1.82, 2.24) is 5.32 Å². The first kappa shape index (κ1) is 16.3. The van der Waals surface area contributed by atoms with Crippen LogP contribution in [-0.4, -0.2) is 13.1 Å². The van der Waals surface area contributed by atoms with E-state index < -0.39 is 0 Å². The van der Waals surface area contributed by atoms with Gasteiger partial charge in [0, 0.05) is 0 Å². The standard InChI is InChI=1S/C19H37N/c1-17(19-13-6-3-7-14-19)10-8-9-15-20-16-18-11-4-2-5-12-18/h17-20H,2-16H2,1H3. The molecular weight excluding hydrogens is 242 g/mol. The molecule has 0 amide bonds. The molecule has 2 fully saturated rings. The first-order valence-electron chi connectivity index (χ1n) is 9.57. The molecule has 0 radical (unpaired) electrons. The molecular formula is C19H37N. The fourth-order valence-corrected chi connectivity index (χ4v) is 4.35. The van der Waals surface area contributed by atoms with Crippen LogP contribution in [0, 0.1) is 17.8 Å². The van der Waals surface area contributed by atoms with Crippen molar-refractivity contribution in [3.05, 3.63) is 0 Å². The van der Waals surface area contributed by atoms with Crippen LogP contribution < -0.4 is 5.32 Å². The van der Waals surface area contributed by atoms with E-state index in [-0.39, 0.29) is 0 Å². The molecule has 0 bridgehead atoms. The number of unbranched alkanes of at least 4 members (excludes halogenated alkanes) is 1. The summed E-state index contributed by atoms with van der Waals surface area (Å²) in [4.78, 5) is 0. The van der Waals surface area contributed by atoms with E-state index >= 15 is 0 Å². The van der Waals surface area contributed by atoms with E-state index in [0.29, 0.717) is 0 Å². The van der Waals surface area contributed by atoms with E-state index in [0.717, 1.165) is 17.8 Å². The summed E-state index contributed by atoms with van der Waals surface area (Å²) in [6, 6.07) is 0. The monoisotopic (exact) mass is 279 g/mol. The normalized spacial score (nSPS) is 23.9.